The molecule has 0 bridgehead atoms. The summed E-state index contributed by atoms with van der Waals surface area (Å²) in [5.74, 6) is 0.420. The molecule has 0 aliphatic rings. The van der Waals surface area contributed by atoms with Crippen LogP contribution in [0.3, 0.4) is 0 Å². The monoisotopic (exact) mass is 347 g/mol. The lowest BCUT2D eigenvalue weighted by molar-refractivity contribution is 0.196. The van der Waals surface area contributed by atoms with Crippen LogP contribution in [-0.4, -0.2) is 23.1 Å². The van der Waals surface area contributed by atoms with Crippen molar-refractivity contribution in [2.75, 3.05) is 7.05 Å². The van der Waals surface area contributed by atoms with E-state index in [1.165, 1.54) is 12.1 Å². The number of urea groups is 1. The fourth-order valence-electron chi connectivity index (χ4n) is 2.63. The van der Waals surface area contributed by atoms with Gasteiger partial charge in [0.1, 0.15) is 17.3 Å². The second-order valence-corrected chi connectivity index (χ2v) is 7.60. The largest absolute Gasteiger partial charge is 0.361 e. The number of aromatic nitrogens is 1. The number of hydrogen-bond donors (Lipinski definition) is 1. The summed E-state index contributed by atoms with van der Waals surface area (Å²) < 4.78 is 18.2. The lowest BCUT2D eigenvalue weighted by Gasteiger charge is -2.29. The number of carbonyl (C=O) groups is 1. The first kappa shape index (κ1) is 19.0. The van der Waals surface area contributed by atoms with Crippen molar-refractivity contribution in [3.05, 3.63) is 53.2 Å². The molecular formula is C19H26FN3O2. The summed E-state index contributed by atoms with van der Waals surface area (Å²) in [4.78, 5) is 14.1. The Kier molecular flexibility index (Phi) is 5.82. The van der Waals surface area contributed by atoms with Crippen molar-refractivity contribution in [2.24, 2.45) is 5.41 Å². The highest BCUT2D eigenvalue weighted by Crippen LogP contribution is 2.29. The van der Waals surface area contributed by atoms with Gasteiger partial charge in [-0.1, -0.05) is 38.1 Å². The van der Waals surface area contributed by atoms with E-state index < -0.39 is 0 Å². The lowest BCUT2D eigenvalue weighted by Crippen LogP contribution is -2.40. The van der Waals surface area contributed by atoms with E-state index in [4.69, 9.17) is 4.52 Å². The molecule has 0 unspecified atom stereocenters. The number of benzene rings is 1. The van der Waals surface area contributed by atoms with Gasteiger partial charge in [0.25, 0.3) is 0 Å². The first-order valence-electron chi connectivity index (χ1n) is 8.33. The molecule has 5 nitrogen and oxygen atoms in total. The molecule has 136 valence electrons. The zero-order valence-electron chi connectivity index (χ0n) is 15.5. The highest BCUT2D eigenvalue weighted by atomic mass is 19.1. The number of hydrogen-bond acceptors (Lipinski definition) is 3. The average molecular weight is 347 g/mol. The molecule has 2 rings (SSSR count). The van der Waals surface area contributed by atoms with Crippen molar-refractivity contribution in [1.82, 2.24) is 15.4 Å². The smallest absolute Gasteiger partial charge is 0.317 e. The topological polar surface area (TPSA) is 58.4 Å². The van der Waals surface area contributed by atoms with Crippen LogP contribution >= 0.6 is 0 Å². The molecule has 0 aliphatic carbocycles. The Balaban J connectivity index is 2.09. The van der Waals surface area contributed by atoms with Crippen LogP contribution in [0.1, 0.15) is 50.3 Å². The van der Waals surface area contributed by atoms with E-state index in [-0.39, 0.29) is 23.3 Å². The molecule has 1 aromatic heterocycles. The van der Waals surface area contributed by atoms with Gasteiger partial charge in [-0.2, -0.15) is 0 Å². The second-order valence-electron chi connectivity index (χ2n) is 7.60. The standard InChI is InChI=1S/C19H26FN3O2/c1-13-10-16(22-25-13)12-23(5)18(24)21-17(11-19(2,3)4)14-6-8-15(20)9-7-14/h6-10,17H,11-12H2,1-5H3,(H,21,24)/t17-/m1/s1. The third kappa shape index (κ3) is 5.89. The van der Waals surface area contributed by atoms with E-state index in [0.717, 1.165) is 12.0 Å². The van der Waals surface area contributed by atoms with Crippen LogP contribution in [0.15, 0.2) is 34.9 Å². The van der Waals surface area contributed by atoms with Crippen LogP contribution < -0.4 is 5.32 Å². The van der Waals surface area contributed by atoms with Gasteiger partial charge in [0, 0.05) is 13.1 Å². The van der Waals surface area contributed by atoms with Gasteiger partial charge >= 0.3 is 6.03 Å². The third-order valence-electron chi connectivity index (χ3n) is 3.81. The second kappa shape index (κ2) is 7.68. The Hall–Kier alpha value is -2.37. The maximum atomic E-state index is 13.2. The van der Waals surface area contributed by atoms with Crippen molar-refractivity contribution in [3.63, 3.8) is 0 Å². The van der Waals surface area contributed by atoms with E-state index in [0.29, 0.717) is 18.0 Å². The minimum atomic E-state index is -0.289. The molecule has 0 fully saturated rings. The summed E-state index contributed by atoms with van der Waals surface area (Å²) in [5, 5.41) is 6.95. The molecule has 1 heterocycles. The van der Waals surface area contributed by atoms with Gasteiger partial charge in [-0.05, 0) is 36.5 Å². The van der Waals surface area contributed by atoms with Crippen LogP contribution in [0.25, 0.3) is 0 Å². The first-order chi connectivity index (χ1) is 11.6. The minimum Gasteiger partial charge on any atom is -0.361 e. The molecule has 0 saturated heterocycles. The molecule has 1 atom stereocenters. The average Bonchev–Trinajstić information content (AvgIpc) is 2.91. The number of carbonyl (C=O) groups excluding carboxylic acids is 1. The number of nitrogens with zero attached hydrogens (tertiary/aromatic N) is 2. The molecule has 1 N–H and O–H groups in total. The van der Waals surface area contributed by atoms with Crippen molar-refractivity contribution in [3.8, 4) is 0 Å². The molecule has 2 aromatic rings. The molecule has 6 heteroatoms. The Morgan fingerprint density at radius 2 is 1.96 bits per heavy atom. The molecule has 0 saturated carbocycles. The van der Waals surface area contributed by atoms with E-state index in [2.05, 4.69) is 31.2 Å². The summed E-state index contributed by atoms with van der Waals surface area (Å²) in [7, 11) is 1.71. The van der Waals surface area contributed by atoms with Gasteiger partial charge in [-0.25, -0.2) is 9.18 Å². The zero-order chi connectivity index (χ0) is 18.6. The number of rotatable bonds is 5. The molecule has 2 amide bonds. The van der Waals surface area contributed by atoms with Crippen LogP contribution in [0, 0.1) is 18.2 Å². The van der Waals surface area contributed by atoms with Crippen molar-refractivity contribution < 1.29 is 13.7 Å². The molecule has 0 radical (unpaired) electrons. The van der Waals surface area contributed by atoms with Gasteiger partial charge in [-0.3, -0.25) is 0 Å². The maximum absolute atomic E-state index is 13.2. The Morgan fingerprint density at radius 1 is 1.32 bits per heavy atom. The number of halogens is 1. The highest BCUT2D eigenvalue weighted by Gasteiger charge is 2.23. The molecule has 25 heavy (non-hydrogen) atoms. The first-order valence-corrected chi connectivity index (χ1v) is 8.33. The molecular weight excluding hydrogens is 321 g/mol. The molecule has 0 spiro atoms. The summed E-state index contributed by atoms with van der Waals surface area (Å²) >= 11 is 0. The van der Waals surface area contributed by atoms with E-state index >= 15 is 0 Å². The van der Waals surface area contributed by atoms with Crippen LogP contribution in [0.2, 0.25) is 0 Å². The van der Waals surface area contributed by atoms with Crippen molar-refractivity contribution >= 4 is 6.03 Å². The maximum Gasteiger partial charge on any atom is 0.317 e. The normalized spacial score (nSPS) is 12.7. The van der Waals surface area contributed by atoms with Gasteiger partial charge in [0.15, 0.2) is 0 Å². The predicted octanol–water partition coefficient (Wildman–Crippen LogP) is 4.44. The van der Waals surface area contributed by atoms with Gasteiger partial charge in [0.05, 0.1) is 12.6 Å². The van der Waals surface area contributed by atoms with E-state index in [9.17, 15) is 9.18 Å². The van der Waals surface area contributed by atoms with E-state index in [1.807, 2.05) is 6.92 Å². The number of aryl methyl sites for hydroxylation is 1. The fraction of sp³-hybridized carbons (Fsp3) is 0.474. The predicted molar refractivity (Wildman–Crippen MR) is 94.5 cm³/mol. The molecule has 1 aromatic carbocycles. The van der Waals surface area contributed by atoms with Crippen molar-refractivity contribution in [2.45, 2.75) is 46.7 Å². The van der Waals surface area contributed by atoms with Gasteiger partial charge in [-0.15, -0.1) is 0 Å². The van der Waals surface area contributed by atoms with E-state index in [1.54, 1.807) is 30.1 Å². The summed E-state index contributed by atoms with van der Waals surface area (Å²) in [5.41, 5.74) is 1.59. The van der Waals surface area contributed by atoms with Crippen LogP contribution in [0.5, 0.6) is 0 Å². The Morgan fingerprint density at radius 3 is 2.48 bits per heavy atom. The zero-order valence-corrected chi connectivity index (χ0v) is 15.5. The van der Waals surface area contributed by atoms with Crippen molar-refractivity contribution in [1.29, 1.82) is 0 Å². The van der Waals surface area contributed by atoms with Gasteiger partial charge in [0.2, 0.25) is 0 Å². The minimum absolute atomic E-state index is 0.00807. The summed E-state index contributed by atoms with van der Waals surface area (Å²) in [6.45, 7) is 8.49. The quantitative estimate of drug-likeness (QED) is 0.870. The molecule has 0 aliphatic heterocycles. The lowest BCUT2D eigenvalue weighted by atomic mass is 9.85. The van der Waals surface area contributed by atoms with Crippen LogP contribution in [0.4, 0.5) is 9.18 Å². The Labute approximate surface area is 148 Å². The number of amides is 2. The fourth-order valence-corrected chi connectivity index (χ4v) is 2.63. The SMILES string of the molecule is Cc1cc(CN(C)C(=O)N[C@H](CC(C)(C)C)c2ccc(F)cc2)no1. The number of nitrogens with one attached hydrogen (secondary N) is 1. The Bertz CT molecular complexity index is 704. The van der Waals surface area contributed by atoms with Gasteiger partial charge < -0.3 is 14.7 Å². The third-order valence-corrected chi connectivity index (χ3v) is 3.81. The van der Waals surface area contributed by atoms with Crippen LogP contribution in [-0.2, 0) is 6.54 Å². The highest BCUT2D eigenvalue weighted by molar-refractivity contribution is 5.74. The summed E-state index contributed by atoms with van der Waals surface area (Å²) in [6.07, 6.45) is 0.737. The summed E-state index contributed by atoms with van der Waals surface area (Å²) in [6, 6.07) is 7.66.